The Hall–Kier alpha value is -1.35. The molecule has 104 valence electrons. The average Bonchev–Trinajstić information content (AvgIpc) is 2.22. The Balaban J connectivity index is 2.24. The Morgan fingerprint density at radius 2 is 1.84 bits per heavy atom. The van der Waals surface area contributed by atoms with Crippen molar-refractivity contribution in [3.63, 3.8) is 0 Å². The summed E-state index contributed by atoms with van der Waals surface area (Å²) in [6, 6.07) is 4.42. The lowest BCUT2D eigenvalue weighted by Crippen LogP contribution is -2.47. The van der Waals surface area contributed by atoms with Crippen molar-refractivity contribution in [3.05, 3.63) is 34.4 Å². The highest BCUT2D eigenvalue weighted by atomic mass is 16.5. The smallest absolute Gasteiger partial charge is 0.303 e. The molecule has 0 atom stereocenters. The van der Waals surface area contributed by atoms with Gasteiger partial charge >= 0.3 is 5.97 Å². The van der Waals surface area contributed by atoms with Crippen LogP contribution in [0.15, 0.2) is 12.1 Å². The molecule has 1 aromatic carbocycles. The van der Waals surface area contributed by atoms with Gasteiger partial charge in [0.25, 0.3) is 0 Å². The van der Waals surface area contributed by atoms with E-state index in [-0.39, 0.29) is 11.8 Å². The molecule has 1 heterocycles. The van der Waals surface area contributed by atoms with Crippen LogP contribution in [0.1, 0.15) is 41.5 Å². The third kappa shape index (κ3) is 2.81. The molecule has 0 amide bonds. The van der Waals surface area contributed by atoms with Crippen LogP contribution in [0, 0.1) is 20.8 Å². The fourth-order valence-electron chi connectivity index (χ4n) is 3.36. The molecule has 19 heavy (non-hydrogen) atoms. The number of benzene rings is 1. The number of carboxylic acid groups (broad SMARTS) is 1. The second-order valence-corrected chi connectivity index (χ2v) is 5.79. The Labute approximate surface area is 114 Å². The van der Waals surface area contributed by atoms with Gasteiger partial charge in [0.1, 0.15) is 0 Å². The first-order valence-electron chi connectivity index (χ1n) is 6.82. The van der Waals surface area contributed by atoms with Crippen LogP contribution >= 0.6 is 0 Å². The number of aryl methyl sites for hydroxylation is 3. The number of hydrogen-bond acceptors (Lipinski definition) is 2. The lowest BCUT2D eigenvalue weighted by atomic mass is 9.71. The third-order valence-electron chi connectivity index (χ3n) is 4.01. The standard InChI is InChI=1S/C16H22O3/c1-11-7-12(2)15(13(3)8-11)16(9-19-10-16)6-4-5-14(17)18/h7-8H,4-6,9-10H2,1-3H3,(H,17,18). The molecule has 1 saturated heterocycles. The molecule has 1 aliphatic rings. The van der Waals surface area contributed by atoms with Crippen LogP contribution < -0.4 is 0 Å². The van der Waals surface area contributed by atoms with Crippen LogP contribution in [0.4, 0.5) is 0 Å². The Morgan fingerprint density at radius 1 is 1.26 bits per heavy atom. The molecule has 2 rings (SSSR count). The highest BCUT2D eigenvalue weighted by Gasteiger charge is 2.41. The topological polar surface area (TPSA) is 46.5 Å². The van der Waals surface area contributed by atoms with Gasteiger partial charge in [-0.2, -0.15) is 0 Å². The van der Waals surface area contributed by atoms with E-state index in [0.29, 0.717) is 6.42 Å². The van der Waals surface area contributed by atoms with Gasteiger partial charge in [-0.1, -0.05) is 17.7 Å². The molecule has 1 aromatic rings. The van der Waals surface area contributed by atoms with E-state index in [9.17, 15) is 4.79 Å². The maximum absolute atomic E-state index is 10.7. The molecule has 1 aliphatic heterocycles. The summed E-state index contributed by atoms with van der Waals surface area (Å²) in [6.07, 6.45) is 1.85. The van der Waals surface area contributed by atoms with Crippen LogP contribution in [0.25, 0.3) is 0 Å². The second-order valence-electron chi connectivity index (χ2n) is 5.79. The van der Waals surface area contributed by atoms with Gasteiger partial charge in [0.15, 0.2) is 0 Å². The monoisotopic (exact) mass is 262 g/mol. The number of rotatable bonds is 5. The van der Waals surface area contributed by atoms with Crippen LogP contribution in [-0.2, 0) is 14.9 Å². The van der Waals surface area contributed by atoms with Crippen molar-refractivity contribution in [2.45, 2.75) is 45.4 Å². The van der Waals surface area contributed by atoms with Crippen molar-refractivity contribution in [2.24, 2.45) is 0 Å². The summed E-state index contributed by atoms with van der Waals surface area (Å²) in [7, 11) is 0. The molecular weight excluding hydrogens is 240 g/mol. The Bertz CT molecular complexity index is 464. The lowest BCUT2D eigenvalue weighted by molar-refractivity contribution is -0.137. The first-order valence-corrected chi connectivity index (χ1v) is 6.82. The maximum atomic E-state index is 10.7. The first kappa shape index (κ1) is 14.1. The highest BCUT2D eigenvalue weighted by Crippen LogP contribution is 2.40. The molecule has 0 saturated carbocycles. The second kappa shape index (κ2) is 5.33. The quantitative estimate of drug-likeness (QED) is 0.886. The van der Waals surface area contributed by atoms with Crippen molar-refractivity contribution >= 4 is 5.97 Å². The average molecular weight is 262 g/mol. The van der Waals surface area contributed by atoms with E-state index in [1.54, 1.807) is 0 Å². The molecular formula is C16H22O3. The molecule has 3 nitrogen and oxygen atoms in total. The molecule has 0 radical (unpaired) electrons. The zero-order valence-corrected chi connectivity index (χ0v) is 12.0. The number of ether oxygens (including phenoxy) is 1. The van der Waals surface area contributed by atoms with Crippen LogP contribution in [0.3, 0.4) is 0 Å². The zero-order chi connectivity index (χ0) is 14.0. The van der Waals surface area contributed by atoms with E-state index in [0.717, 1.165) is 19.6 Å². The van der Waals surface area contributed by atoms with Crippen molar-refractivity contribution in [1.29, 1.82) is 0 Å². The summed E-state index contributed by atoms with van der Waals surface area (Å²) in [6.45, 7) is 7.84. The molecule has 0 aliphatic carbocycles. The molecule has 1 fully saturated rings. The van der Waals surface area contributed by atoms with Crippen LogP contribution in [-0.4, -0.2) is 24.3 Å². The van der Waals surface area contributed by atoms with Crippen molar-refractivity contribution < 1.29 is 14.6 Å². The van der Waals surface area contributed by atoms with E-state index in [4.69, 9.17) is 9.84 Å². The lowest BCUT2D eigenvalue weighted by Gasteiger charge is -2.44. The molecule has 3 heteroatoms. The predicted molar refractivity (Wildman–Crippen MR) is 74.6 cm³/mol. The fraction of sp³-hybridized carbons (Fsp3) is 0.562. The normalized spacial score (nSPS) is 17.0. The maximum Gasteiger partial charge on any atom is 0.303 e. The van der Waals surface area contributed by atoms with Gasteiger partial charge in [-0.05, 0) is 50.3 Å². The van der Waals surface area contributed by atoms with Gasteiger partial charge in [-0.15, -0.1) is 0 Å². The predicted octanol–water partition coefficient (Wildman–Crippen LogP) is 3.13. The number of hydrogen-bond donors (Lipinski definition) is 1. The SMILES string of the molecule is Cc1cc(C)c(C2(CCCC(=O)O)COC2)c(C)c1. The van der Waals surface area contributed by atoms with Crippen molar-refractivity contribution in [2.75, 3.05) is 13.2 Å². The van der Waals surface area contributed by atoms with E-state index in [1.165, 1.54) is 22.3 Å². The van der Waals surface area contributed by atoms with Gasteiger partial charge in [-0.3, -0.25) is 4.79 Å². The van der Waals surface area contributed by atoms with Crippen molar-refractivity contribution in [1.82, 2.24) is 0 Å². The summed E-state index contributed by atoms with van der Waals surface area (Å²) < 4.78 is 5.44. The Kier molecular flexibility index (Phi) is 3.95. The highest BCUT2D eigenvalue weighted by molar-refractivity contribution is 5.66. The van der Waals surface area contributed by atoms with E-state index >= 15 is 0 Å². The van der Waals surface area contributed by atoms with Gasteiger partial charge in [0.05, 0.1) is 13.2 Å². The first-order chi connectivity index (χ1) is 8.94. The summed E-state index contributed by atoms with van der Waals surface area (Å²) >= 11 is 0. The molecule has 0 aromatic heterocycles. The zero-order valence-electron chi connectivity index (χ0n) is 12.0. The molecule has 0 unspecified atom stereocenters. The Morgan fingerprint density at radius 3 is 2.26 bits per heavy atom. The fourth-order valence-corrected chi connectivity index (χ4v) is 3.36. The van der Waals surface area contributed by atoms with Gasteiger partial charge in [-0.25, -0.2) is 0 Å². The number of aliphatic carboxylic acids is 1. The van der Waals surface area contributed by atoms with E-state index in [2.05, 4.69) is 32.9 Å². The van der Waals surface area contributed by atoms with Crippen LogP contribution in [0.2, 0.25) is 0 Å². The van der Waals surface area contributed by atoms with E-state index < -0.39 is 5.97 Å². The largest absolute Gasteiger partial charge is 0.481 e. The van der Waals surface area contributed by atoms with Gasteiger partial charge in [0, 0.05) is 11.8 Å². The van der Waals surface area contributed by atoms with Crippen molar-refractivity contribution in [3.8, 4) is 0 Å². The summed E-state index contributed by atoms with van der Waals surface area (Å²) in [4.78, 5) is 10.7. The van der Waals surface area contributed by atoms with E-state index in [1.807, 2.05) is 0 Å². The number of carbonyl (C=O) groups is 1. The van der Waals surface area contributed by atoms with Gasteiger partial charge < -0.3 is 9.84 Å². The third-order valence-corrected chi connectivity index (χ3v) is 4.01. The molecule has 0 bridgehead atoms. The molecule has 0 spiro atoms. The summed E-state index contributed by atoms with van der Waals surface area (Å²) in [5.41, 5.74) is 5.29. The number of carboxylic acids is 1. The molecule has 1 N–H and O–H groups in total. The van der Waals surface area contributed by atoms with Gasteiger partial charge in [0.2, 0.25) is 0 Å². The summed E-state index contributed by atoms with van der Waals surface area (Å²) in [5, 5.41) is 8.79. The minimum atomic E-state index is -0.715. The van der Waals surface area contributed by atoms with Crippen LogP contribution in [0.5, 0.6) is 0 Å². The minimum absolute atomic E-state index is 0.0390. The minimum Gasteiger partial charge on any atom is -0.481 e. The summed E-state index contributed by atoms with van der Waals surface area (Å²) in [5.74, 6) is -0.715.